The van der Waals surface area contributed by atoms with Gasteiger partial charge in [0.05, 0.1) is 18.3 Å². The van der Waals surface area contributed by atoms with Crippen LogP contribution in [0.5, 0.6) is 0 Å². The summed E-state index contributed by atoms with van der Waals surface area (Å²) in [6, 6.07) is 3.84. The van der Waals surface area contributed by atoms with Crippen molar-refractivity contribution in [1.82, 2.24) is 0 Å². The Hall–Kier alpha value is -1.43. The summed E-state index contributed by atoms with van der Waals surface area (Å²) in [5.74, 6) is 0. The second kappa shape index (κ2) is 6.35. The van der Waals surface area contributed by atoms with Crippen molar-refractivity contribution in [2.45, 2.75) is 38.0 Å². The quantitative estimate of drug-likeness (QED) is 0.642. The van der Waals surface area contributed by atoms with Gasteiger partial charge in [-0.3, -0.25) is 0 Å². The summed E-state index contributed by atoms with van der Waals surface area (Å²) in [6.45, 7) is 0.980. The molecule has 3 nitrogen and oxygen atoms in total. The molecule has 3 N–H and O–H groups in total. The minimum absolute atomic E-state index is 0.259. The van der Waals surface area contributed by atoms with Crippen LogP contribution in [0.25, 0.3) is 0 Å². The normalized spacial score (nSPS) is 16.6. The highest BCUT2D eigenvalue weighted by atomic mass is 19.4. The van der Waals surface area contributed by atoms with E-state index in [9.17, 15) is 13.2 Å². The van der Waals surface area contributed by atoms with E-state index >= 15 is 0 Å². The molecule has 0 aliphatic heterocycles. The van der Waals surface area contributed by atoms with Crippen LogP contribution in [0.4, 0.5) is 24.5 Å². The molecule has 1 aromatic carbocycles. The molecule has 0 bridgehead atoms. The van der Waals surface area contributed by atoms with Gasteiger partial charge in [-0.15, -0.1) is 0 Å². The van der Waals surface area contributed by atoms with Crippen molar-refractivity contribution < 1.29 is 17.9 Å². The van der Waals surface area contributed by atoms with E-state index in [-0.39, 0.29) is 5.69 Å². The zero-order chi connectivity index (χ0) is 14.6. The van der Waals surface area contributed by atoms with E-state index in [4.69, 9.17) is 10.5 Å². The van der Waals surface area contributed by atoms with Crippen LogP contribution in [0.15, 0.2) is 18.2 Å². The number of rotatable bonds is 5. The minimum Gasteiger partial charge on any atom is -0.398 e. The molecule has 1 fully saturated rings. The van der Waals surface area contributed by atoms with Gasteiger partial charge < -0.3 is 15.8 Å². The minimum atomic E-state index is -4.43. The molecule has 1 aliphatic carbocycles. The van der Waals surface area contributed by atoms with Crippen LogP contribution in [0, 0.1) is 0 Å². The second-order valence-corrected chi connectivity index (χ2v) is 5.00. The number of nitrogens with one attached hydrogen (secondary N) is 1. The zero-order valence-electron chi connectivity index (χ0n) is 11.2. The first kappa shape index (κ1) is 15.0. The van der Waals surface area contributed by atoms with Gasteiger partial charge in [0.2, 0.25) is 0 Å². The Morgan fingerprint density at radius 3 is 2.60 bits per heavy atom. The van der Waals surface area contributed by atoms with Gasteiger partial charge in [-0.2, -0.15) is 13.2 Å². The molecule has 0 atom stereocenters. The van der Waals surface area contributed by atoms with Gasteiger partial charge in [0.25, 0.3) is 0 Å². The van der Waals surface area contributed by atoms with Crippen LogP contribution < -0.4 is 11.1 Å². The third kappa shape index (κ3) is 4.03. The summed E-state index contributed by atoms with van der Waals surface area (Å²) in [7, 11) is 0. The van der Waals surface area contributed by atoms with E-state index in [1.807, 2.05) is 0 Å². The topological polar surface area (TPSA) is 47.3 Å². The Labute approximate surface area is 116 Å². The van der Waals surface area contributed by atoms with Gasteiger partial charge in [-0.05, 0) is 31.0 Å². The van der Waals surface area contributed by atoms with Crippen molar-refractivity contribution in [3.05, 3.63) is 23.8 Å². The number of alkyl halides is 3. The van der Waals surface area contributed by atoms with Crippen LogP contribution in [-0.2, 0) is 10.9 Å². The number of anilines is 2. The molecule has 2 rings (SSSR count). The van der Waals surface area contributed by atoms with E-state index in [2.05, 4.69) is 5.32 Å². The van der Waals surface area contributed by atoms with Crippen molar-refractivity contribution in [1.29, 1.82) is 0 Å². The van der Waals surface area contributed by atoms with Gasteiger partial charge >= 0.3 is 6.18 Å². The number of hydrogen-bond donors (Lipinski definition) is 2. The summed E-state index contributed by atoms with van der Waals surface area (Å²) in [4.78, 5) is 0. The highest BCUT2D eigenvalue weighted by molar-refractivity contribution is 5.58. The van der Waals surface area contributed by atoms with Gasteiger partial charge in [-0.25, -0.2) is 0 Å². The van der Waals surface area contributed by atoms with Crippen LogP contribution in [-0.4, -0.2) is 19.3 Å². The van der Waals surface area contributed by atoms with Crippen LogP contribution in [0.2, 0.25) is 0 Å². The predicted molar refractivity (Wildman–Crippen MR) is 72.6 cm³/mol. The van der Waals surface area contributed by atoms with Crippen molar-refractivity contribution in [3.63, 3.8) is 0 Å². The molecule has 20 heavy (non-hydrogen) atoms. The van der Waals surface area contributed by atoms with Crippen LogP contribution in [0.3, 0.4) is 0 Å². The van der Waals surface area contributed by atoms with Crippen molar-refractivity contribution in [2.24, 2.45) is 0 Å². The van der Waals surface area contributed by atoms with Crippen LogP contribution >= 0.6 is 0 Å². The van der Waals surface area contributed by atoms with Gasteiger partial charge in [0.15, 0.2) is 0 Å². The maximum Gasteiger partial charge on any atom is 0.418 e. The standard InChI is InChI=1S/C14H19F3N2O/c15-14(16,17)12-9-10(5-6-13(12)18)19-7-8-20-11-3-1-2-4-11/h5-6,9,11,19H,1-4,7-8,18H2. The first-order valence-electron chi connectivity index (χ1n) is 6.79. The molecule has 0 spiro atoms. The lowest BCUT2D eigenvalue weighted by molar-refractivity contribution is -0.136. The number of ether oxygens (including phenoxy) is 1. The molecule has 0 unspecified atom stereocenters. The lowest BCUT2D eigenvalue weighted by atomic mass is 10.1. The van der Waals surface area contributed by atoms with Gasteiger partial charge in [0, 0.05) is 17.9 Å². The molecule has 1 aliphatic rings. The summed E-state index contributed by atoms with van der Waals surface area (Å²) in [5, 5.41) is 2.93. The first-order chi connectivity index (χ1) is 9.47. The summed E-state index contributed by atoms with van der Waals surface area (Å²) < 4.78 is 43.7. The molecule has 1 aromatic rings. The monoisotopic (exact) mass is 288 g/mol. The Morgan fingerprint density at radius 1 is 1.25 bits per heavy atom. The molecule has 1 saturated carbocycles. The van der Waals surface area contributed by atoms with Crippen molar-refractivity contribution >= 4 is 11.4 Å². The average Bonchev–Trinajstić information content (AvgIpc) is 2.88. The Morgan fingerprint density at radius 2 is 1.95 bits per heavy atom. The third-order valence-corrected chi connectivity index (χ3v) is 3.45. The Bertz CT molecular complexity index is 443. The lowest BCUT2D eigenvalue weighted by Gasteiger charge is -2.14. The molecular weight excluding hydrogens is 269 g/mol. The van der Waals surface area contributed by atoms with E-state index in [0.29, 0.717) is 24.9 Å². The predicted octanol–water partition coefficient (Wildman–Crippen LogP) is 3.66. The van der Waals surface area contributed by atoms with E-state index < -0.39 is 11.7 Å². The molecule has 112 valence electrons. The molecule has 6 heteroatoms. The van der Waals surface area contributed by atoms with Crippen molar-refractivity contribution in [3.8, 4) is 0 Å². The van der Waals surface area contributed by atoms with E-state index in [1.54, 1.807) is 6.07 Å². The highest BCUT2D eigenvalue weighted by Gasteiger charge is 2.33. The lowest BCUT2D eigenvalue weighted by Crippen LogP contribution is -2.16. The summed E-state index contributed by atoms with van der Waals surface area (Å²) in [5.41, 5.74) is 4.68. The number of nitrogens with two attached hydrogens (primary N) is 1. The van der Waals surface area contributed by atoms with E-state index in [0.717, 1.165) is 18.9 Å². The molecule has 0 aromatic heterocycles. The number of benzene rings is 1. The molecule has 0 radical (unpaired) electrons. The first-order valence-corrected chi connectivity index (χ1v) is 6.79. The summed E-state index contributed by atoms with van der Waals surface area (Å²) in [6.07, 6.45) is 0.451. The fourth-order valence-electron chi connectivity index (χ4n) is 2.39. The summed E-state index contributed by atoms with van der Waals surface area (Å²) >= 11 is 0. The smallest absolute Gasteiger partial charge is 0.398 e. The number of hydrogen-bond acceptors (Lipinski definition) is 3. The Balaban J connectivity index is 1.83. The molecule has 0 amide bonds. The SMILES string of the molecule is Nc1ccc(NCCOC2CCCC2)cc1C(F)(F)F. The molecular formula is C14H19F3N2O. The Kier molecular flexibility index (Phi) is 4.75. The highest BCUT2D eigenvalue weighted by Crippen LogP contribution is 2.35. The second-order valence-electron chi connectivity index (χ2n) is 5.00. The maximum atomic E-state index is 12.7. The number of nitrogen functional groups attached to an aromatic ring is 1. The fourth-order valence-corrected chi connectivity index (χ4v) is 2.39. The molecule has 0 saturated heterocycles. The van der Waals surface area contributed by atoms with Gasteiger partial charge in [-0.1, -0.05) is 12.8 Å². The third-order valence-electron chi connectivity index (χ3n) is 3.45. The molecule has 0 heterocycles. The maximum absolute atomic E-state index is 12.7. The fraction of sp³-hybridized carbons (Fsp3) is 0.571. The average molecular weight is 288 g/mol. The largest absolute Gasteiger partial charge is 0.418 e. The van der Waals surface area contributed by atoms with Crippen LogP contribution in [0.1, 0.15) is 31.2 Å². The van der Waals surface area contributed by atoms with Crippen molar-refractivity contribution in [2.75, 3.05) is 24.2 Å². The van der Waals surface area contributed by atoms with E-state index in [1.165, 1.54) is 18.9 Å². The zero-order valence-corrected chi connectivity index (χ0v) is 11.2. The number of halogens is 3. The van der Waals surface area contributed by atoms with Gasteiger partial charge in [0.1, 0.15) is 0 Å².